The number of hydrogen-bond donors (Lipinski definition) is 1. The molecule has 11 heavy (non-hydrogen) atoms. The van der Waals surface area contributed by atoms with Crippen molar-refractivity contribution in [3.8, 4) is 0 Å². The van der Waals surface area contributed by atoms with E-state index < -0.39 is 0 Å². The molecule has 1 aliphatic rings. The Labute approximate surface area is 74.3 Å². The zero-order valence-electron chi connectivity index (χ0n) is 6.21. The van der Waals surface area contributed by atoms with Crippen LogP contribution in [0.1, 0.15) is 0 Å². The summed E-state index contributed by atoms with van der Waals surface area (Å²) in [6.07, 6.45) is 0. The fraction of sp³-hybridized carbons (Fsp3) is 0.250. The zero-order valence-corrected chi connectivity index (χ0v) is 7.80. The van der Waals surface area contributed by atoms with Crippen molar-refractivity contribution in [2.45, 2.75) is 5.08 Å². The minimum Gasteiger partial charge on any atom is -0.355 e. The van der Waals surface area contributed by atoms with Crippen molar-refractivity contribution < 1.29 is 0 Å². The number of alkyl halides is 1. The first-order chi connectivity index (χ1) is 5.29. The van der Waals surface area contributed by atoms with Gasteiger partial charge in [-0.2, -0.15) is 0 Å². The topological polar surface area (TPSA) is 15.3 Å². The minimum absolute atomic E-state index is 0.236. The van der Waals surface area contributed by atoms with Crippen LogP contribution < -0.4 is 10.2 Å². The normalized spacial score (nSPS) is 21.3. The fourth-order valence-corrected chi connectivity index (χ4v) is 1.72. The van der Waals surface area contributed by atoms with Gasteiger partial charge in [-0.3, -0.25) is 0 Å². The molecule has 0 aliphatic carbocycles. The van der Waals surface area contributed by atoms with E-state index in [-0.39, 0.29) is 5.08 Å². The van der Waals surface area contributed by atoms with Crippen LogP contribution in [-0.4, -0.2) is 12.1 Å². The van der Waals surface area contributed by atoms with Gasteiger partial charge in [-0.1, -0.05) is 12.1 Å². The number of nitrogens with zero attached hydrogens (tertiary/aromatic N) is 1. The first-order valence-electron chi connectivity index (χ1n) is 3.51. The lowest BCUT2D eigenvalue weighted by molar-refractivity contribution is 0.988. The molecule has 1 N–H and O–H groups in total. The Kier molecular flexibility index (Phi) is 1.53. The summed E-state index contributed by atoms with van der Waals surface area (Å²) >= 11 is 3.50. The molecule has 0 bridgehead atoms. The van der Waals surface area contributed by atoms with Gasteiger partial charge in [-0.15, -0.1) is 0 Å². The Bertz CT molecular complexity index is 275. The van der Waals surface area contributed by atoms with Gasteiger partial charge < -0.3 is 10.2 Å². The van der Waals surface area contributed by atoms with Gasteiger partial charge in [-0.05, 0) is 28.1 Å². The number of rotatable bonds is 0. The predicted molar refractivity (Wildman–Crippen MR) is 51.2 cm³/mol. The summed E-state index contributed by atoms with van der Waals surface area (Å²) < 4.78 is 0. The molecule has 1 aliphatic heterocycles. The first-order valence-corrected chi connectivity index (χ1v) is 4.43. The van der Waals surface area contributed by atoms with Gasteiger partial charge in [0.05, 0.1) is 11.4 Å². The molecule has 0 saturated heterocycles. The Morgan fingerprint density at radius 2 is 2.18 bits per heavy atom. The van der Waals surface area contributed by atoms with E-state index in [9.17, 15) is 0 Å². The number of nitrogens with one attached hydrogen (secondary N) is 1. The molecule has 0 amide bonds. The maximum Gasteiger partial charge on any atom is 0.157 e. The molecular weight excluding hydrogens is 204 g/mol. The summed E-state index contributed by atoms with van der Waals surface area (Å²) in [6, 6.07) is 8.25. The highest BCUT2D eigenvalue weighted by molar-refractivity contribution is 9.09. The average Bonchev–Trinajstić information content (AvgIpc) is 2.30. The van der Waals surface area contributed by atoms with Crippen molar-refractivity contribution in [3.05, 3.63) is 24.3 Å². The van der Waals surface area contributed by atoms with Crippen LogP contribution >= 0.6 is 15.9 Å². The van der Waals surface area contributed by atoms with Gasteiger partial charge in [0.2, 0.25) is 0 Å². The van der Waals surface area contributed by atoms with E-state index >= 15 is 0 Å². The molecule has 2 rings (SSSR count). The standard InChI is InChI=1S/C8H9BrN2/c1-11-7-5-3-2-4-6(7)10-8(11)9/h2-5,8,10H,1H3. The average molecular weight is 213 g/mol. The Morgan fingerprint density at radius 3 is 2.91 bits per heavy atom. The van der Waals surface area contributed by atoms with Crippen LogP contribution in [0, 0.1) is 0 Å². The summed E-state index contributed by atoms with van der Waals surface area (Å²) in [5.74, 6) is 0. The molecule has 0 spiro atoms. The van der Waals surface area contributed by atoms with Gasteiger partial charge in [0.15, 0.2) is 5.08 Å². The summed E-state index contributed by atoms with van der Waals surface area (Å²) in [5, 5.41) is 3.53. The summed E-state index contributed by atoms with van der Waals surface area (Å²) in [6.45, 7) is 0. The van der Waals surface area contributed by atoms with Gasteiger partial charge in [0.25, 0.3) is 0 Å². The van der Waals surface area contributed by atoms with Gasteiger partial charge >= 0.3 is 0 Å². The molecule has 58 valence electrons. The third-order valence-corrected chi connectivity index (χ3v) is 2.74. The second-order valence-electron chi connectivity index (χ2n) is 2.61. The Hall–Kier alpha value is -0.700. The Balaban J connectivity index is 2.47. The lowest BCUT2D eigenvalue weighted by Crippen LogP contribution is -2.25. The van der Waals surface area contributed by atoms with Crippen molar-refractivity contribution in [1.29, 1.82) is 0 Å². The molecule has 0 fully saturated rings. The second kappa shape index (κ2) is 2.41. The van der Waals surface area contributed by atoms with Crippen LogP contribution in [0.2, 0.25) is 0 Å². The first kappa shape index (κ1) is 6.98. The van der Waals surface area contributed by atoms with Crippen molar-refractivity contribution in [1.82, 2.24) is 0 Å². The van der Waals surface area contributed by atoms with E-state index in [2.05, 4.69) is 45.3 Å². The van der Waals surface area contributed by atoms with E-state index in [1.54, 1.807) is 0 Å². The van der Waals surface area contributed by atoms with E-state index in [0.29, 0.717) is 0 Å². The number of benzene rings is 1. The largest absolute Gasteiger partial charge is 0.355 e. The number of fused-ring (bicyclic) bond motifs is 1. The number of anilines is 2. The molecule has 1 aromatic rings. The minimum atomic E-state index is 0.236. The fourth-order valence-electron chi connectivity index (χ4n) is 1.25. The third-order valence-electron chi connectivity index (χ3n) is 1.90. The highest BCUT2D eigenvalue weighted by Gasteiger charge is 2.21. The number of hydrogen-bond acceptors (Lipinski definition) is 2. The van der Waals surface area contributed by atoms with Gasteiger partial charge in [0.1, 0.15) is 0 Å². The molecule has 3 heteroatoms. The molecule has 1 atom stereocenters. The monoisotopic (exact) mass is 212 g/mol. The quantitative estimate of drug-likeness (QED) is 0.525. The molecule has 1 unspecified atom stereocenters. The van der Waals surface area contributed by atoms with Crippen LogP contribution in [0.25, 0.3) is 0 Å². The SMILES string of the molecule is CN1c2ccccc2NC1Br. The van der Waals surface area contributed by atoms with Crippen LogP contribution in [0.4, 0.5) is 11.4 Å². The molecular formula is C8H9BrN2. The lowest BCUT2D eigenvalue weighted by atomic mass is 10.3. The van der Waals surface area contributed by atoms with Crippen LogP contribution in [0.5, 0.6) is 0 Å². The number of para-hydroxylation sites is 2. The highest BCUT2D eigenvalue weighted by atomic mass is 79.9. The third kappa shape index (κ3) is 0.997. The zero-order chi connectivity index (χ0) is 7.84. The molecule has 2 nitrogen and oxygen atoms in total. The molecule has 0 saturated carbocycles. The summed E-state index contributed by atoms with van der Waals surface area (Å²) in [7, 11) is 2.05. The molecule has 0 radical (unpaired) electrons. The van der Waals surface area contributed by atoms with E-state index in [1.807, 2.05) is 12.1 Å². The summed E-state index contributed by atoms with van der Waals surface area (Å²) in [5.41, 5.74) is 2.44. The molecule has 1 heterocycles. The van der Waals surface area contributed by atoms with Crippen LogP contribution in [0.3, 0.4) is 0 Å². The van der Waals surface area contributed by atoms with Crippen LogP contribution in [-0.2, 0) is 0 Å². The molecule has 1 aromatic carbocycles. The smallest absolute Gasteiger partial charge is 0.157 e. The van der Waals surface area contributed by atoms with Crippen molar-refractivity contribution in [3.63, 3.8) is 0 Å². The van der Waals surface area contributed by atoms with E-state index in [0.717, 1.165) is 0 Å². The van der Waals surface area contributed by atoms with Crippen molar-refractivity contribution >= 4 is 27.3 Å². The van der Waals surface area contributed by atoms with Crippen molar-refractivity contribution in [2.24, 2.45) is 0 Å². The predicted octanol–water partition coefficient (Wildman–Crippen LogP) is 2.23. The van der Waals surface area contributed by atoms with Gasteiger partial charge in [0, 0.05) is 7.05 Å². The molecule has 0 aromatic heterocycles. The van der Waals surface area contributed by atoms with E-state index in [4.69, 9.17) is 0 Å². The Morgan fingerprint density at radius 1 is 1.45 bits per heavy atom. The lowest BCUT2D eigenvalue weighted by Gasteiger charge is -2.14. The maximum atomic E-state index is 3.50. The maximum absolute atomic E-state index is 3.50. The van der Waals surface area contributed by atoms with Gasteiger partial charge in [-0.25, -0.2) is 0 Å². The van der Waals surface area contributed by atoms with Crippen LogP contribution in [0.15, 0.2) is 24.3 Å². The number of halogens is 1. The second-order valence-corrected chi connectivity index (χ2v) is 3.48. The van der Waals surface area contributed by atoms with Crippen molar-refractivity contribution in [2.75, 3.05) is 17.3 Å². The van der Waals surface area contributed by atoms with E-state index in [1.165, 1.54) is 11.4 Å². The highest BCUT2D eigenvalue weighted by Crippen LogP contribution is 2.34. The summed E-state index contributed by atoms with van der Waals surface area (Å²) in [4.78, 5) is 2.15.